The first kappa shape index (κ1) is 23.9. The second-order valence-corrected chi connectivity index (χ2v) is 10.4. The molecule has 2 aromatic rings. The molecule has 0 bridgehead atoms. The highest BCUT2D eigenvalue weighted by Crippen LogP contribution is 2.26. The molecule has 1 amide bonds. The minimum absolute atomic E-state index is 0.0182. The lowest BCUT2D eigenvalue weighted by molar-refractivity contribution is -0.122. The number of amides is 1. The van der Waals surface area contributed by atoms with Crippen molar-refractivity contribution >= 4 is 21.6 Å². The first-order valence-corrected chi connectivity index (χ1v) is 11.8. The van der Waals surface area contributed by atoms with Gasteiger partial charge < -0.3 is 5.32 Å². The number of hydrogen-bond acceptors (Lipinski definition) is 3. The van der Waals surface area contributed by atoms with Crippen molar-refractivity contribution in [2.24, 2.45) is 0 Å². The SMILES string of the molecule is CCN(c1ccc(C(C)C(=O)NCc2ccc(C(C)(C)C)cc2)cc1F)S(C)(=O)=O. The van der Waals surface area contributed by atoms with Gasteiger partial charge >= 0.3 is 0 Å². The molecular weight excluding hydrogens is 403 g/mol. The second kappa shape index (κ2) is 9.16. The van der Waals surface area contributed by atoms with Crippen molar-refractivity contribution in [2.45, 2.75) is 52.5 Å². The Morgan fingerprint density at radius 1 is 1.13 bits per heavy atom. The van der Waals surface area contributed by atoms with Gasteiger partial charge in [-0.25, -0.2) is 12.8 Å². The van der Waals surface area contributed by atoms with Gasteiger partial charge in [-0.1, -0.05) is 51.1 Å². The smallest absolute Gasteiger partial charge is 0.232 e. The van der Waals surface area contributed by atoms with E-state index in [2.05, 4.69) is 38.2 Å². The third kappa shape index (κ3) is 5.81. The first-order chi connectivity index (χ1) is 13.8. The van der Waals surface area contributed by atoms with Gasteiger partial charge in [0.05, 0.1) is 17.9 Å². The van der Waals surface area contributed by atoms with E-state index < -0.39 is 21.8 Å². The number of hydrogen-bond donors (Lipinski definition) is 1. The number of halogens is 1. The minimum atomic E-state index is -3.58. The molecule has 0 fully saturated rings. The Morgan fingerprint density at radius 2 is 1.73 bits per heavy atom. The van der Waals surface area contributed by atoms with Crippen molar-refractivity contribution < 1.29 is 17.6 Å². The number of anilines is 1. The zero-order valence-electron chi connectivity index (χ0n) is 18.5. The molecule has 0 aliphatic rings. The molecule has 1 N–H and O–H groups in total. The highest BCUT2D eigenvalue weighted by Gasteiger charge is 2.22. The zero-order chi connectivity index (χ0) is 22.7. The van der Waals surface area contributed by atoms with Crippen LogP contribution in [0.4, 0.5) is 10.1 Å². The third-order valence-electron chi connectivity index (χ3n) is 5.11. The third-order valence-corrected chi connectivity index (χ3v) is 6.36. The molecule has 0 aromatic heterocycles. The van der Waals surface area contributed by atoms with E-state index in [1.54, 1.807) is 19.9 Å². The fourth-order valence-electron chi connectivity index (χ4n) is 3.19. The van der Waals surface area contributed by atoms with Crippen LogP contribution in [0.15, 0.2) is 42.5 Å². The lowest BCUT2D eigenvalue weighted by atomic mass is 9.87. The van der Waals surface area contributed by atoms with E-state index in [4.69, 9.17) is 0 Å². The maximum absolute atomic E-state index is 14.6. The Hall–Kier alpha value is -2.41. The van der Waals surface area contributed by atoms with Crippen LogP contribution < -0.4 is 9.62 Å². The zero-order valence-corrected chi connectivity index (χ0v) is 19.3. The topological polar surface area (TPSA) is 66.5 Å². The number of carbonyl (C=O) groups excluding carboxylic acids is 1. The Balaban J connectivity index is 2.08. The van der Waals surface area contributed by atoms with Crippen molar-refractivity contribution in [1.82, 2.24) is 5.32 Å². The molecule has 1 unspecified atom stereocenters. The van der Waals surface area contributed by atoms with E-state index in [0.29, 0.717) is 12.1 Å². The standard InChI is InChI=1S/C23H31FN2O3S/c1-7-26(30(6,28)29)21-13-10-18(14-20(21)24)16(2)22(27)25-15-17-8-11-19(12-9-17)23(3,4)5/h8-14,16H,7,15H2,1-6H3,(H,25,27). The number of sulfonamides is 1. The normalized spacial score (nSPS) is 13.0. The first-order valence-electron chi connectivity index (χ1n) is 9.99. The fraction of sp³-hybridized carbons (Fsp3) is 0.435. The van der Waals surface area contributed by atoms with Crippen molar-refractivity contribution in [3.63, 3.8) is 0 Å². The van der Waals surface area contributed by atoms with Crippen LogP contribution in [0.1, 0.15) is 57.2 Å². The summed E-state index contributed by atoms with van der Waals surface area (Å²) in [5.41, 5.74) is 2.74. The molecule has 0 spiro atoms. The van der Waals surface area contributed by atoms with Crippen LogP contribution in [0.2, 0.25) is 0 Å². The van der Waals surface area contributed by atoms with E-state index in [1.807, 2.05) is 12.1 Å². The van der Waals surface area contributed by atoms with Crippen molar-refractivity contribution in [1.29, 1.82) is 0 Å². The second-order valence-electron chi connectivity index (χ2n) is 8.53. The molecule has 30 heavy (non-hydrogen) atoms. The number of nitrogens with one attached hydrogen (secondary N) is 1. The minimum Gasteiger partial charge on any atom is -0.352 e. The summed E-state index contributed by atoms with van der Waals surface area (Å²) in [6.07, 6.45) is 1.04. The van der Waals surface area contributed by atoms with Gasteiger partial charge in [-0.2, -0.15) is 0 Å². The summed E-state index contributed by atoms with van der Waals surface area (Å²) in [6.45, 7) is 10.3. The molecule has 0 saturated heterocycles. The van der Waals surface area contributed by atoms with Gasteiger partial charge in [0.15, 0.2) is 0 Å². The van der Waals surface area contributed by atoms with Gasteiger partial charge in [-0.3, -0.25) is 9.10 Å². The molecule has 1 atom stereocenters. The Bertz CT molecular complexity index is 996. The molecule has 7 heteroatoms. The van der Waals surface area contributed by atoms with Crippen LogP contribution in [0.3, 0.4) is 0 Å². The highest BCUT2D eigenvalue weighted by molar-refractivity contribution is 7.92. The molecule has 2 aromatic carbocycles. The largest absolute Gasteiger partial charge is 0.352 e. The quantitative estimate of drug-likeness (QED) is 0.705. The maximum Gasteiger partial charge on any atom is 0.232 e. The molecule has 0 aliphatic heterocycles. The predicted octanol–water partition coefficient (Wildman–Crippen LogP) is 4.33. The van der Waals surface area contributed by atoms with Crippen LogP contribution in [-0.2, 0) is 26.8 Å². The summed E-state index contributed by atoms with van der Waals surface area (Å²) in [6, 6.07) is 12.3. The van der Waals surface area contributed by atoms with E-state index in [-0.39, 0.29) is 23.6 Å². The number of rotatable bonds is 7. The molecular formula is C23H31FN2O3S. The van der Waals surface area contributed by atoms with Crippen molar-refractivity contribution in [3.05, 3.63) is 65.0 Å². The molecule has 0 aliphatic carbocycles. The average molecular weight is 435 g/mol. The molecule has 0 saturated carbocycles. The van der Waals surface area contributed by atoms with Crippen molar-refractivity contribution in [3.8, 4) is 0 Å². The summed E-state index contributed by atoms with van der Waals surface area (Å²) in [5.74, 6) is -1.47. The van der Waals surface area contributed by atoms with Crippen LogP contribution >= 0.6 is 0 Å². The van der Waals surface area contributed by atoms with Crippen LogP contribution in [0, 0.1) is 5.82 Å². The van der Waals surface area contributed by atoms with Crippen LogP contribution in [0.25, 0.3) is 0 Å². The predicted molar refractivity (Wildman–Crippen MR) is 120 cm³/mol. The lowest BCUT2D eigenvalue weighted by Gasteiger charge is -2.22. The maximum atomic E-state index is 14.6. The lowest BCUT2D eigenvalue weighted by Crippen LogP contribution is -2.30. The van der Waals surface area contributed by atoms with Gasteiger partial charge in [0.2, 0.25) is 15.9 Å². The van der Waals surface area contributed by atoms with E-state index in [1.165, 1.54) is 17.7 Å². The van der Waals surface area contributed by atoms with Gasteiger partial charge in [-0.15, -0.1) is 0 Å². The molecule has 0 heterocycles. The average Bonchev–Trinajstić information content (AvgIpc) is 2.65. The van der Waals surface area contributed by atoms with Gasteiger partial charge in [-0.05, 0) is 48.1 Å². The van der Waals surface area contributed by atoms with Crippen LogP contribution in [-0.4, -0.2) is 27.1 Å². The van der Waals surface area contributed by atoms with Gasteiger partial charge in [0.1, 0.15) is 5.82 Å². The monoisotopic (exact) mass is 434 g/mol. The Kier molecular flexibility index (Phi) is 7.29. The number of carbonyl (C=O) groups is 1. The summed E-state index contributed by atoms with van der Waals surface area (Å²) in [7, 11) is -3.58. The van der Waals surface area contributed by atoms with E-state index in [9.17, 15) is 17.6 Å². The highest BCUT2D eigenvalue weighted by atomic mass is 32.2. The fourth-order valence-corrected chi connectivity index (χ4v) is 4.17. The van der Waals surface area contributed by atoms with Crippen LogP contribution in [0.5, 0.6) is 0 Å². The summed E-state index contributed by atoms with van der Waals surface area (Å²) in [4.78, 5) is 12.5. The van der Waals surface area contributed by atoms with E-state index >= 15 is 0 Å². The van der Waals surface area contributed by atoms with Gasteiger partial charge in [0.25, 0.3) is 0 Å². The molecule has 2 rings (SSSR count). The summed E-state index contributed by atoms with van der Waals surface area (Å²) >= 11 is 0. The van der Waals surface area contributed by atoms with Gasteiger partial charge in [0, 0.05) is 13.1 Å². The van der Waals surface area contributed by atoms with Crippen molar-refractivity contribution in [2.75, 3.05) is 17.1 Å². The molecule has 164 valence electrons. The summed E-state index contributed by atoms with van der Waals surface area (Å²) in [5, 5.41) is 2.88. The molecule has 5 nitrogen and oxygen atoms in total. The van der Waals surface area contributed by atoms with E-state index in [0.717, 1.165) is 16.1 Å². The summed E-state index contributed by atoms with van der Waals surface area (Å²) < 4.78 is 39.3. The Morgan fingerprint density at radius 3 is 2.20 bits per heavy atom. The number of benzene rings is 2. The molecule has 0 radical (unpaired) electrons. The Labute approximate surface area is 179 Å². The number of nitrogens with zero attached hydrogens (tertiary/aromatic N) is 1.